The van der Waals surface area contributed by atoms with Crippen molar-refractivity contribution in [1.82, 2.24) is 0 Å². The lowest BCUT2D eigenvalue weighted by Crippen LogP contribution is -1.99. The molecule has 0 saturated carbocycles. The zero-order chi connectivity index (χ0) is 10.0. The molecular weight excluding hydrogens is 182 g/mol. The van der Waals surface area contributed by atoms with Gasteiger partial charge in [0.1, 0.15) is 0 Å². The van der Waals surface area contributed by atoms with E-state index < -0.39 is 29.6 Å². The van der Waals surface area contributed by atoms with E-state index in [1.807, 2.05) is 0 Å². The molecule has 2 N–H and O–H groups in total. The molecule has 0 fully saturated rings. The van der Waals surface area contributed by atoms with Gasteiger partial charge in [0.15, 0.2) is 23.1 Å². The molecule has 1 aromatic carbocycles. The number of aliphatic hydroxyl groups is 1. The van der Waals surface area contributed by atoms with Crippen LogP contribution in [0.4, 0.5) is 8.78 Å². The third-order valence-electron chi connectivity index (χ3n) is 1.62. The second kappa shape index (κ2) is 3.57. The molecule has 0 unspecified atom stereocenters. The summed E-state index contributed by atoms with van der Waals surface area (Å²) in [6.07, 6.45) is 0. The normalized spacial score (nSPS) is 10.2. The topological polar surface area (TPSA) is 49.7 Å². The van der Waals surface area contributed by atoms with E-state index in [1.54, 1.807) is 0 Å². The van der Waals surface area contributed by atoms with Gasteiger partial charge in [0.2, 0.25) is 0 Å². The fourth-order valence-corrected chi connectivity index (χ4v) is 0.938. The van der Waals surface area contributed by atoms with Crippen LogP contribution in [-0.2, 0) is 6.61 Å². The molecule has 0 bridgehead atoms. The third kappa shape index (κ3) is 1.55. The Labute approximate surface area is 73.2 Å². The molecule has 0 aliphatic heterocycles. The Kier molecular flexibility index (Phi) is 2.67. The Morgan fingerprint density at radius 1 is 1.38 bits per heavy atom. The van der Waals surface area contributed by atoms with Crippen LogP contribution in [-0.4, -0.2) is 17.3 Å². The first-order valence-electron chi connectivity index (χ1n) is 3.46. The number of hydrogen-bond acceptors (Lipinski definition) is 3. The fraction of sp³-hybridized carbons (Fsp3) is 0.250. The van der Waals surface area contributed by atoms with Gasteiger partial charge in [0.05, 0.1) is 19.3 Å². The first-order chi connectivity index (χ1) is 6.11. The molecule has 72 valence electrons. The lowest BCUT2D eigenvalue weighted by molar-refractivity contribution is 0.262. The van der Waals surface area contributed by atoms with E-state index in [0.717, 1.165) is 6.07 Å². The van der Waals surface area contributed by atoms with Crippen molar-refractivity contribution in [3.05, 3.63) is 23.3 Å². The van der Waals surface area contributed by atoms with E-state index in [0.29, 0.717) is 0 Å². The highest BCUT2D eigenvalue weighted by Crippen LogP contribution is 2.30. The van der Waals surface area contributed by atoms with Crippen molar-refractivity contribution in [3.63, 3.8) is 0 Å². The molecule has 0 aliphatic carbocycles. The summed E-state index contributed by atoms with van der Waals surface area (Å²) in [5.41, 5.74) is -0.600. The molecule has 0 saturated heterocycles. The molecule has 5 heteroatoms. The molecule has 3 nitrogen and oxygen atoms in total. The average Bonchev–Trinajstić information content (AvgIpc) is 2.12. The largest absolute Gasteiger partial charge is 0.505 e. The van der Waals surface area contributed by atoms with Gasteiger partial charge in [-0.05, 0) is 0 Å². The second-order valence-electron chi connectivity index (χ2n) is 2.36. The third-order valence-corrected chi connectivity index (χ3v) is 1.62. The Hall–Kier alpha value is -1.36. The average molecular weight is 190 g/mol. The predicted molar refractivity (Wildman–Crippen MR) is 40.5 cm³/mol. The van der Waals surface area contributed by atoms with Gasteiger partial charge in [-0.15, -0.1) is 0 Å². The van der Waals surface area contributed by atoms with E-state index >= 15 is 0 Å². The van der Waals surface area contributed by atoms with Crippen molar-refractivity contribution in [2.75, 3.05) is 7.11 Å². The highest BCUT2D eigenvalue weighted by Gasteiger charge is 2.17. The summed E-state index contributed by atoms with van der Waals surface area (Å²) >= 11 is 0. The summed E-state index contributed by atoms with van der Waals surface area (Å²) in [4.78, 5) is 0. The van der Waals surface area contributed by atoms with Crippen molar-refractivity contribution >= 4 is 0 Å². The highest BCUT2D eigenvalue weighted by atomic mass is 19.1. The lowest BCUT2D eigenvalue weighted by atomic mass is 10.2. The minimum Gasteiger partial charge on any atom is -0.505 e. The minimum absolute atomic E-state index is 0.303. The van der Waals surface area contributed by atoms with Crippen LogP contribution in [0.5, 0.6) is 11.5 Å². The van der Waals surface area contributed by atoms with Crippen molar-refractivity contribution in [2.24, 2.45) is 0 Å². The van der Waals surface area contributed by atoms with Crippen LogP contribution in [0.1, 0.15) is 5.56 Å². The number of phenols is 1. The Balaban J connectivity index is 3.39. The second-order valence-corrected chi connectivity index (χ2v) is 2.36. The van der Waals surface area contributed by atoms with E-state index in [1.165, 1.54) is 7.11 Å². The fourth-order valence-electron chi connectivity index (χ4n) is 0.938. The lowest BCUT2D eigenvalue weighted by Gasteiger charge is -2.07. The van der Waals surface area contributed by atoms with Crippen molar-refractivity contribution in [2.45, 2.75) is 6.61 Å². The number of rotatable bonds is 2. The molecule has 0 heterocycles. The molecule has 13 heavy (non-hydrogen) atoms. The monoisotopic (exact) mass is 190 g/mol. The first kappa shape index (κ1) is 9.73. The summed E-state index contributed by atoms with van der Waals surface area (Å²) in [6, 6.07) is 0.809. The van der Waals surface area contributed by atoms with Crippen molar-refractivity contribution in [3.8, 4) is 11.5 Å². The van der Waals surface area contributed by atoms with Crippen LogP contribution in [0.25, 0.3) is 0 Å². The summed E-state index contributed by atoms with van der Waals surface area (Å²) in [7, 11) is 1.18. The van der Waals surface area contributed by atoms with E-state index in [4.69, 9.17) is 10.2 Å². The Bertz CT molecular complexity index is 326. The van der Waals surface area contributed by atoms with Gasteiger partial charge >= 0.3 is 0 Å². The van der Waals surface area contributed by atoms with Crippen LogP contribution in [0.3, 0.4) is 0 Å². The quantitative estimate of drug-likeness (QED) is 0.735. The number of benzene rings is 1. The molecule has 0 atom stereocenters. The molecule has 1 aromatic rings. The summed E-state index contributed by atoms with van der Waals surface area (Å²) in [6.45, 7) is -0.831. The maximum atomic E-state index is 13.1. The van der Waals surface area contributed by atoms with Gasteiger partial charge in [-0.1, -0.05) is 0 Å². The molecule has 0 aliphatic rings. The number of methoxy groups -OCH3 is 1. The van der Waals surface area contributed by atoms with E-state index in [-0.39, 0.29) is 5.75 Å². The maximum absolute atomic E-state index is 13.1. The van der Waals surface area contributed by atoms with Gasteiger partial charge < -0.3 is 14.9 Å². The van der Waals surface area contributed by atoms with Crippen LogP contribution in [0.2, 0.25) is 0 Å². The summed E-state index contributed by atoms with van der Waals surface area (Å²) < 4.78 is 30.5. The maximum Gasteiger partial charge on any atom is 0.173 e. The van der Waals surface area contributed by atoms with Crippen LogP contribution < -0.4 is 4.74 Å². The van der Waals surface area contributed by atoms with E-state index in [2.05, 4.69) is 4.74 Å². The Morgan fingerprint density at radius 2 is 2.00 bits per heavy atom. The van der Waals surface area contributed by atoms with Crippen molar-refractivity contribution < 1.29 is 23.7 Å². The Morgan fingerprint density at radius 3 is 2.46 bits per heavy atom. The number of aliphatic hydroxyl groups excluding tert-OH is 1. The van der Waals surface area contributed by atoms with Gasteiger partial charge in [-0.3, -0.25) is 0 Å². The SMILES string of the molecule is COc1cc(O)c(F)c(CO)c1F. The van der Waals surface area contributed by atoms with Gasteiger partial charge in [-0.2, -0.15) is 0 Å². The van der Waals surface area contributed by atoms with Crippen molar-refractivity contribution in [1.29, 1.82) is 0 Å². The van der Waals surface area contributed by atoms with E-state index in [9.17, 15) is 8.78 Å². The van der Waals surface area contributed by atoms with Crippen LogP contribution >= 0.6 is 0 Å². The predicted octanol–water partition coefficient (Wildman–Crippen LogP) is 1.17. The van der Waals surface area contributed by atoms with Crippen LogP contribution in [0.15, 0.2) is 6.07 Å². The standard InChI is InChI=1S/C8H8F2O3/c1-13-6-2-5(12)7(9)4(3-11)8(6)10/h2,11-12H,3H2,1H3. The number of aromatic hydroxyl groups is 1. The number of phenolic OH excluding ortho intramolecular Hbond substituents is 1. The molecule has 0 amide bonds. The molecule has 0 spiro atoms. The zero-order valence-corrected chi connectivity index (χ0v) is 6.84. The molecule has 1 rings (SSSR count). The number of ether oxygens (including phenoxy) is 1. The number of halogens is 2. The van der Waals surface area contributed by atoms with Crippen LogP contribution in [0, 0.1) is 11.6 Å². The van der Waals surface area contributed by atoms with Gasteiger partial charge in [0, 0.05) is 6.07 Å². The number of hydrogen-bond donors (Lipinski definition) is 2. The molecular formula is C8H8F2O3. The summed E-state index contributed by atoms with van der Waals surface area (Å²) in [5.74, 6) is -3.22. The first-order valence-corrected chi connectivity index (χ1v) is 3.46. The zero-order valence-electron chi connectivity index (χ0n) is 6.84. The molecule has 0 aromatic heterocycles. The van der Waals surface area contributed by atoms with Gasteiger partial charge in [-0.25, -0.2) is 8.78 Å². The summed E-state index contributed by atoms with van der Waals surface area (Å²) in [5, 5.41) is 17.5. The highest BCUT2D eigenvalue weighted by molar-refractivity contribution is 5.40. The smallest absolute Gasteiger partial charge is 0.173 e. The minimum atomic E-state index is -1.17. The molecule has 0 radical (unpaired) electrons. The van der Waals surface area contributed by atoms with Gasteiger partial charge in [0.25, 0.3) is 0 Å².